The van der Waals surface area contributed by atoms with Crippen molar-refractivity contribution in [3.05, 3.63) is 142 Å². The van der Waals surface area contributed by atoms with Gasteiger partial charge in [0.2, 0.25) is 0 Å². The molecule has 0 atom stereocenters. The molecule has 0 unspecified atom stereocenters. The van der Waals surface area contributed by atoms with Gasteiger partial charge in [-0.1, -0.05) is 129 Å². The molecule has 4 aromatic carbocycles. The number of aryl methyl sites for hydroxylation is 4. The molecule has 6 rings (SSSR count). The van der Waals surface area contributed by atoms with E-state index in [2.05, 4.69) is 132 Å². The number of aliphatic hydroxyl groups is 2. The van der Waals surface area contributed by atoms with Gasteiger partial charge in [-0.2, -0.15) is 0 Å². The monoisotopic (exact) mass is 1390 g/mol. The molecule has 0 aliphatic rings. The summed E-state index contributed by atoms with van der Waals surface area (Å²) in [6.45, 7) is 33.4. The van der Waals surface area contributed by atoms with Crippen molar-refractivity contribution in [3.8, 4) is 22.5 Å². The van der Waals surface area contributed by atoms with E-state index in [1.807, 2.05) is 73.8 Å². The van der Waals surface area contributed by atoms with Gasteiger partial charge < -0.3 is 10.2 Å². The molecule has 0 saturated heterocycles. The molecule has 0 aliphatic carbocycles. The van der Waals surface area contributed by atoms with Gasteiger partial charge in [0.05, 0.1) is 33.6 Å². The SMILES string of the molecule is CCC(CC)C(=O)C=C(O)C(CC)CC.CCC(CC)C(=O)C=C(O)C(CC)CC.Cc1[c-]c(-c2cnc3c(CC(C)C)cccc3n2)cc(C)c1.Cc1[c-]c(-c2cnc3ccc(CC(C)C)cc3n2)cc(C)c1.[Ir].[Ir]. The van der Waals surface area contributed by atoms with Crippen LogP contribution in [0.3, 0.4) is 0 Å². The Hall–Kier alpha value is -4.72. The maximum Gasteiger partial charge on any atom is 0.162 e. The number of ketones is 2. The third-order valence-electron chi connectivity index (χ3n) is 13.5. The quantitative estimate of drug-likeness (QED) is 0.0440. The fourth-order valence-electron chi connectivity index (χ4n) is 9.25. The molecule has 10 heteroatoms. The van der Waals surface area contributed by atoms with Crippen molar-refractivity contribution in [2.75, 3.05) is 0 Å². The summed E-state index contributed by atoms with van der Waals surface area (Å²) in [6.07, 6.45) is 15.6. The van der Waals surface area contributed by atoms with Gasteiger partial charge >= 0.3 is 0 Å². The molecule has 2 heterocycles. The number of para-hydroxylation sites is 1. The Kier molecular flexibility index (Phi) is 32.5. The van der Waals surface area contributed by atoms with Crippen molar-refractivity contribution in [3.63, 3.8) is 0 Å². The third kappa shape index (κ3) is 22.3. The van der Waals surface area contributed by atoms with Crippen LogP contribution in [0.5, 0.6) is 0 Å². The number of fused-ring (bicyclic) bond motifs is 2. The molecule has 2 N–H and O–H groups in total. The van der Waals surface area contributed by atoms with Crippen LogP contribution < -0.4 is 0 Å². The minimum Gasteiger partial charge on any atom is -0.512 e. The van der Waals surface area contributed by atoms with Gasteiger partial charge in [0, 0.05) is 99.8 Å². The molecule has 76 heavy (non-hydrogen) atoms. The maximum absolute atomic E-state index is 11.7. The average Bonchev–Trinajstić information content (AvgIpc) is 3.35. The van der Waals surface area contributed by atoms with E-state index < -0.39 is 0 Å². The Balaban J connectivity index is 0.000000512. The summed E-state index contributed by atoms with van der Waals surface area (Å²) in [4.78, 5) is 42.3. The predicted octanol–water partition coefficient (Wildman–Crippen LogP) is 17.6. The zero-order chi connectivity index (χ0) is 55.1. The molecule has 418 valence electrons. The molecular weight excluding hydrogens is 1300 g/mol. The third-order valence-corrected chi connectivity index (χ3v) is 13.5. The Morgan fingerprint density at radius 1 is 0.513 bits per heavy atom. The first kappa shape index (κ1) is 69.3. The number of carbonyl (C=O) groups is 2. The van der Waals surface area contributed by atoms with Crippen LogP contribution in [0.15, 0.2) is 96.7 Å². The Labute approximate surface area is 485 Å². The molecule has 0 amide bonds. The number of rotatable bonds is 20. The maximum atomic E-state index is 11.7. The van der Waals surface area contributed by atoms with Crippen LogP contribution in [0.2, 0.25) is 0 Å². The second-order valence-corrected chi connectivity index (χ2v) is 20.8. The predicted molar refractivity (Wildman–Crippen MR) is 311 cm³/mol. The second-order valence-electron chi connectivity index (χ2n) is 20.8. The minimum atomic E-state index is 0. The molecule has 0 aliphatic heterocycles. The number of benzene rings is 4. The van der Waals surface area contributed by atoms with Crippen molar-refractivity contribution in [2.24, 2.45) is 35.5 Å². The second kappa shape index (κ2) is 35.6. The van der Waals surface area contributed by atoms with E-state index in [-0.39, 0.29) is 87.0 Å². The van der Waals surface area contributed by atoms with Crippen molar-refractivity contribution >= 4 is 33.6 Å². The van der Waals surface area contributed by atoms with Crippen LogP contribution in [0.4, 0.5) is 0 Å². The number of hydrogen-bond acceptors (Lipinski definition) is 8. The van der Waals surface area contributed by atoms with E-state index in [9.17, 15) is 19.8 Å². The van der Waals surface area contributed by atoms with E-state index >= 15 is 0 Å². The number of aliphatic hydroxyl groups excluding tert-OH is 2. The van der Waals surface area contributed by atoms with Crippen molar-refractivity contribution in [1.29, 1.82) is 0 Å². The van der Waals surface area contributed by atoms with Crippen molar-refractivity contribution < 1.29 is 60.0 Å². The molecule has 2 aromatic heterocycles. The van der Waals surface area contributed by atoms with Crippen LogP contribution in [0.25, 0.3) is 44.6 Å². The summed E-state index contributed by atoms with van der Waals surface area (Å²) in [7, 11) is 0. The van der Waals surface area contributed by atoms with Gasteiger partial charge in [-0.25, -0.2) is 0 Å². The molecular formula is C66H90Ir2N4O4-2. The van der Waals surface area contributed by atoms with Crippen molar-refractivity contribution in [1.82, 2.24) is 19.9 Å². The van der Waals surface area contributed by atoms with Gasteiger partial charge in [-0.3, -0.25) is 29.5 Å². The first-order valence-electron chi connectivity index (χ1n) is 27.6. The van der Waals surface area contributed by atoms with Gasteiger partial charge in [-0.05, 0) is 105 Å². The van der Waals surface area contributed by atoms with Gasteiger partial charge in [0.15, 0.2) is 11.6 Å². The van der Waals surface area contributed by atoms with E-state index in [1.165, 1.54) is 34.4 Å². The minimum absolute atomic E-state index is 0. The molecule has 0 spiro atoms. The topological polar surface area (TPSA) is 126 Å². The van der Waals surface area contributed by atoms with Crippen LogP contribution in [0.1, 0.15) is 168 Å². The Morgan fingerprint density at radius 3 is 1.34 bits per heavy atom. The van der Waals surface area contributed by atoms with E-state index in [0.717, 1.165) is 120 Å². The molecule has 2 radical (unpaired) electrons. The first-order valence-corrected chi connectivity index (χ1v) is 27.6. The molecule has 0 fully saturated rings. The number of allylic oxidation sites excluding steroid dienone is 4. The largest absolute Gasteiger partial charge is 0.512 e. The number of hydrogen-bond donors (Lipinski definition) is 2. The molecule has 0 saturated carbocycles. The smallest absolute Gasteiger partial charge is 0.162 e. The molecule has 8 nitrogen and oxygen atoms in total. The van der Waals surface area contributed by atoms with Crippen molar-refractivity contribution in [2.45, 2.75) is 175 Å². The molecule has 6 aromatic rings. The number of nitrogens with zero attached hydrogens (tertiary/aromatic N) is 4. The van der Waals surface area contributed by atoms with Gasteiger partial charge in [0.1, 0.15) is 0 Å². The fourth-order valence-corrected chi connectivity index (χ4v) is 9.25. The molecule has 0 bridgehead atoms. The summed E-state index contributed by atoms with van der Waals surface area (Å²) < 4.78 is 0. The van der Waals surface area contributed by atoms with Crippen LogP contribution in [0, 0.1) is 75.3 Å². The number of aromatic nitrogens is 4. The summed E-state index contributed by atoms with van der Waals surface area (Å²) >= 11 is 0. The van der Waals surface area contributed by atoms with E-state index in [0.29, 0.717) is 11.8 Å². The van der Waals surface area contributed by atoms with Gasteiger partial charge in [0.25, 0.3) is 0 Å². The average molecular weight is 1390 g/mol. The van der Waals surface area contributed by atoms with Crippen LogP contribution in [-0.2, 0) is 62.6 Å². The zero-order valence-electron chi connectivity index (χ0n) is 48.8. The number of carbonyl (C=O) groups excluding carboxylic acids is 2. The first-order chi connectivity index (χ1) is 35.2. The Morgan fingerprint density at radius 2 is 0.934 bits per heavy atom. The summed E-state index contributed by atoms with van der Waals surface area (Å²) in [5.41, 5.74) is 15.0. The Bertz CT molecular complexity index is 2620. The summed E-state index contributed by atoms with van der Waals surface area (Å²) in [6, 6.07) is 27.9. The summed E-state index contributed by atoms with van der Waals surface area (Å²) in [5, 5.41) is 19.5. The standard InChI is InChI=1S/2C20H21N2.2C13H24O2.2Ir/c1-13(2)7-16-5-6-18-19(11-16)22-20(12-21-18)17-9-14(3)8-15(4)10-17;1-13(2)8-16-6-5-7-18-20(16)21-12-19(22-18)17-10-14(3)9-15(4)11-17;2*1-5-10(6-2)12(14)9-13(15)11(7-3)8-4;;/h5-6,8-9,11-13H,7H2,1-4H3;5-7,9-10,12-13H,8H2,1-4H3;2*9-11,14H,5-8H2,1-4H3;;/q2*-1;;;;. The van der Waals surface area contributed by atoms with E-state index in [4.69, 9.17) is 9.97 Å². The normalized spacial score (nSPS) is 11.5. The van der Waals surface area contributed by atoms with Gasteiger partial charge in [-0.15, -0.1) is 69.8 Å². The summed E-state index contributed by atoms with van der Waals surface area (Å²) in [5.74, 6) is 2.35. The van der Waals surface area contributed by atoms with Crippen LogP contribution in [-0.4, -0.2) is 41.7 Å². The van der Waals surface area contributed by atoms with Crippen LogP contribution >= 0.6 is 0 Å². The fraction of sp³-hybridized carbons (Fsp3) is 0.485. The zero-order valence-corrected chi connectivity index (χ0v) is 53.6. The van der Waals surface area contributed by atoms with E-state index in [1.54, 1.807) is 0 Å².